The first-order valence-electron chi connectivity index (χ1n) is 12.2. The zero-order chi connectivity index (χ0) is 28.1. The molecule has 1 atom stereocenters. The lowest BCUT2D eigenvalue weighted by Gasteiger charge is -2.31. The highest BCUT2D eigenvalue weighted by molar-refractivity contribution is 7.09. The van der Waals surface area contributed by atoms with Crippen LogP contribution >= 0.6 is 11.5 Å². The molecule has 4 rings (SSSR count). The molecule has 0 radical (unpaired) electrons. The van der Waals surface area contributed by atoms with E-state index in [2.05, 4.69) is 9.69 Å². The summed E-state index contributed by atoms with van der Waals surface area (Å²) in [6.07, 6.45) is 0.585. The van der Waals surface area contributed by atoms with E-state index in [4.69, 9.17) is 20.6 Å². The van der Waals surface area contributed by atoms with Crippen LogP contribution in [0.15, 0.2) is 65.1 Å². The van der Waals surface area contributed by atoms with Gasteiger partial charge in [0.15, 0.2) is 11.7 Å². The molecule has 202 valence electrons. The summed E-state index contributed by atoms with van der Waals surface area (Å²) in [4.78, 5) is 41.2. The van der Waals surface area contributed by atoms with Gasteiger partial charge < -0.3 is 25.9 Å². The van der Waals surface area contributed by atoms with E-state index in [-0.39, 0.29) is 28.6 Å². The second-order valence-corrected chi connectivity index (χ2v) is 9.49. The van der Waals surface area contributed by atoms with Crippen molar-refractivity contribution in [3.63, 3.8) is 0 Å². The van der Waals surface area contributed by atoms with Gasteiger partial charge in [-0.15, -0.1) is 0 Å². The lowest BCUT2D eigenvalue weighted by atomic mass is 10.0. The molecule has 0 fully saturated rings. The number of anilines is 2. The number of ether oxygens (including phenoxy) is 1. The Balaban J connectivity index is 1.80. The minimum Gasteiger partial charge on any atom is -0.497 e. The molecule has 2 heterocycles. The van der Waals surface area contributed by atoms with Crippen LogP contribution in [-0.2, 0) is 17.8 Å². The van der Waals surface area contributed by atoms with Crippen LogP contribution in [0.25, 0.3) is 0 Å². The molecule has 3 amide bonds. The summed E-state index contributed by atoms with van der Waals surface area (Å²) >= 11 is 0.751. The third-order valence-corrected chi connectivity index (χ3v) is 7.02. The minimum absolute atomic E-state index is 0.00839. The first kappa shape index (κ1) is 27.4. The molecule has 10 nitrogen and oxygen atoms in total. The van der Waals surface area contributed by atoms with Crippen molar-refractivity contribution in [3.05, 3.63) is 93.9 Å². The van der Waals surface area contributed by atoms with E-state index in [1.807, 2.05) is 31.2 Å². The normalized spacial score (nSPS) is 11.6. The number of carbonyl (C=O) groups is 3. The SMILES string of the molecule is CCc1ccccc1N(C(=O)c1snc(C(N)=O)c1N)C(C(=O)NCc1ccc(OC)cc1)c1ccc(C)o1. The third kappa shape index (κ3) is 5.78. The number of hydrogen-bond donors (Lipinski definition) is 3. The predicted octanol–water partition coefficient (Wildman–Crippen LogP) is 4.00. The van der Waals surface area contributed by atoms with Gasteiger partial charge >= 0.3 is 0 Å². The van der Waals surface area contributed by atoms with E-state index in [0.717, 1.165) is 22.7 Å². The van der Waals surface area contributed by atoms with Crippen LogP contribution in [0.1, 0.15) is 55.8 Å². The summed E-state index contributed by atoms with van der Waals surface area (Å²) in [5.41, 5.74) is 13.3. The molecule has 4 aromatic rings. The number of furan rings is 1. The Kier molecular flexibility index (Phi) is 8.30. The number of para-hydroxylation sites is 1. The minimum atomic E-state index is -1.20. The van der Waals surface area contributed by atoms with E-state index in [1.54, 1.807) is 50.4 Å². The van der Waals surface area contributed by atoms with Crippen molar-refractivity contribution in [3.8, 4) is 5.75 Å². The van der Waals surface area contributed by atoms with Crippen LogP contribution in [-0.4, -0.2) is 29.2 Å². The van der Waals surface area contributed by atoms with Gasteiger partial charge in [0.25, 0.3) is 17.7 Å². The van der Waals surface area contributed by atoms with Crippen molar-refractivity contribution in [1.29, 1.82) is 0 Å². The van der Waals surface area contributed by atoms with Gasteiger partial charge in [-0.3, -0.25) is 19.3 Å². The van der Waals surface area contributed by atoms with Crippen molar-refractivity contribution < 1.29 is 23.5 Å². The topological polar surface area (TPSA) is 154 Å². The molecule has 0 aliphatic carbocycles. The largest absolute Gasteiger partial charge is 0.497 e. The standard InChI is InChI=1S/C28H29N5O5S/c1-4-18-7-5-6-8-20(18)33(28(36)25-22(29)23(26(30)34)32-39-25)24(21-14-9-16(2)38-21)27(35)31-15-17-10-12-19(37-3)13-11-17/h5-14,24H,4,15,29H2,1-3H3,(H2,30,34)(H,31,35). The monoisotopic (exact) mass is 547 g/mol. The number of nitrogens with two attached hydrogens (primary N) is 2. The van der Waals surface area contributed by atoms with Gasteiger partial charge in [0.2, 0.25) is 0 Å². The van der Waals surface area contributed by atoms with Crippen molar-refractivity contribution in [2.24, 2.45) is 5.73 Å². The molecule has 0 aliphatic heterocycles. The maximum absolute atomic E-state index is 14.2. The number of rotatable bonds is 10. The first-order valence-corrected chi connectivity index (χ1v) is 13.0. The molecule has 11 heteroatoms. The maximum atomic E-state index is 14.2. The van der Waals surface area contributed by atoms with E-state index < -0.39 is 23.8 Å². The summed E-state index contributed by atoms with van der Waals surface area (Å²) in [5.74, 6) is -0.410. The van der Waals surface area contributed by atoms with Gasteiger partial charge in [-0.05, 0) is 66.3 Å². The number of primary amides is 1. The number of nitrogens with zero attached hydrogens (tertiary/aromatic N) is 2. The zero-order valence-corrected chi connectivity index (χ0v) is 22.6. The summed E-state index contributed by atoms with van der Waals surface area (Å²) < 4.78 is 15.1. The van der Waals surface area contributed by atoms with Crippen LogP contribution in [0.3, 0.4) is 0 Å². The molecule has 1 unspecified atom stereocenters. The van der Waals surface area contributed by atoms with E-state index in [9.17, 15) is 14.4 Å². The molecule has 0 spiro atoms. The molecule has 0 aliphatic rings. The third-order valence-electron chi connectivity index (χ3n) is 6.17. The number of aryl methyl sites for hydroxylation is 2. The number of nitrogens with one attached hydrogen (secondary N) is 1. The Morgan fingerprint density at radius 1 is 1.10 bits per heavy atom. The fourth-order valence-corrected chi connectivity index (χ4v) is 4.89. The maximum Gasteiger partial charge on any atom is 0.273 e. The lowest BCUT2D eigenvalue weighted by molar-refractivity contribution is -0.123. The van der Waals surface area contributed by atoms with E-state index in [1.165, 1.54) is 4.90 Å². The van der Waals surface area contributed by atoms with E-state index in [0.29, 0.717) is 23.6 Å². The number of hydrogen-bond acceptors (Lipinski definition) is 8. The first-order chi connectivity index (χ1) is 18.7. The van der Waals surface area contributed by atoms with Gasteiger partial charge in [-0.1, -0.05) is 37.3 Å². The summed E-state index contributed by atoms with van der Waals surface area (Å²) in [6.45, 7) is 3.90. The number of nitrogen functional groups attached to an aromatic ring is 1. The molecule has 0 saturated heterocycles. The lowest BCUT2D eigenvalue weighted by Crippen LogP contribution is -2.44. The van der Waals surface area contributed by atoms with Crippen LogP contribution in [0, 0.1) is 6.92 Å². The zero-order valence-electron chi connectivity index (χ0n) is 21.8. The molecule has 2 aromatic heterocycles. The predicted molar refractivity (Wildman–Crippen MR) is 149 cm³/mol. The average molecular weight is 548 g/mol. The Bertz CT molecular complexity index is 1490. The second kappa shape index (κ2) is 11.8. The number of benzene rings is 2. The number of amides is 3. The van der Waals surface area contributed by atoms with Crippen LogP contribution in [0.4, 0.5) is 11.4 Å². The van der Waals surface area contributed by atoms with Gasteiger partial charge in [0, 0.05) is 12.2 Å². The smallest absolute Gasteiger partial charge is 0.273 e. The average Bonchev–Trinajstić information content (AvgIpc) is 3.55. The number of carbonyl (C=O) groups excluding carboxylic acids is 3. The Morgan fingerprint density at radius 2 is 1.82 bits per heavy atom. The number of aromatic nitrogens is 1. The summed E-state index contributed by atoms with van der Waals surface area (Å²) in [7, 11) is 1.58. The molecular weight excluding hydrogens is 518 g/mol. The Hall–Kier alpha value is -4.64. The quantitative estimate of drug-likeness (QED) is 0.271. The molecule has 2 aromatic carbocycles. The molecule has 39 heavy (non-hydrogen) atoms. The number of methoxy groups -OCH3 is 1. The highest BCUT2D eigenvalue weighted by atomic mass is 32.1. The molecule has 0 saturated carbocycles. The van der Waals surface area contributed by atoms with Crippen molar-refractivity contribution in [2.45, 2.75) is 32.9 Å². The van der Waals surface area contributed by atoms with Crippen molar-refractivity contribution in [1.82, 2.24) is 9.69 Å². The van der Waals surface area contributed by atoms with Gasteiger partial charge in [-0.2, -0.15) is 4.37 Å². The fraction of sp³-hybridized carbons (Fsp3) is 0.214. The highest BCUT2D eigenvalue weighted by Gasteiger charge is 2.38. The van der Waals surface area contributed by atoms with Crippen molar-refractivity contribution in [2.75, 3.05) is 17.7 Å². The molecule has 0 bridgehead atoms. The highest BCUT2D eigenvalue weighted by Crippen LogP contribution is 2.35. The second-order valence-electron chi connectivity index (χ2n) is 8.71. The van der Waals surface area contributed by atoms with Crippen LogP contribution < -0.4 is 26.4 Å². The van der Waals surface area contributed by atoms with Crippen LogP contribution in [0.5, 0.6) is 5.75 Å². The van der Waals surface area contributed by atoms with Gasteiger partial charge in [0.05, 0.1) is 12.8 Å². The van der Waals surface area contributed by atoms with E-state index >= 15 is 0 Å². The van der Waals surface area contributed by atoms with Gasteiger partial charge in [0.1, 0.15) is 22.1 Å². The van der Waals surface area contributed by atoms with Crippen LogP contribution in [0.2, 0.25) is 0 Å². The van der Waals surface area contributed by atoms with Gasteiger partial charge in [-0.25, -0.2) is 0 Å². The fourth-order valence-electron chi connectivity index (χ4n) is 4.15. The Labute approximate surface area is 229 Å². The molecule has 5 N–H and O–H groups in total. The molecular formula is C28H29N5O5S. The van der Waals surface area contributed by atoms with Crippen molar-refractivity contribution >= 4 is 40.6 Å². The summed E-state index contributed by atoms with van der Waals surface area (Å²) in [6, 6.07) is 16.7. The Morgan fingerprint density at radius 3 is 2.41 bits per heavy atom. The summed E-state index contributed by atoms with van der Waals surface area (Å²) in [5, 5.41) is 2.93.